The molecule has 1 aromatic heterocycles. The second-order valence-electron chi connectivity index (χ2n) is 3.80. The summed E-state index contributed by atoms with van der Waals surface area (Å²) in [6, 6.07) is 11.4. The minimum absolute atomic E-state index is 0.477. The zero-order chi connectivity index (χ0) is 12.8. The Morgan fingerprint density at radius 1 is 1.17 bits per heavy atom. The van der Waals surface area contributed by atoms with E-state index in [1.165, 1.54) is 11.3 Å². The maximum absolute atomic E-state index is 10.3. The number of hydrogen-bond donors (Lipinski definition) is 1. The van der Waals surface area contributed by atoms with Crippen LogP contribution in [-0.2, 0) is 4.74 Å². The molecule has 1 unspecified atom stereocenters. The fourth-order valence-corrected chi connectivity index (χ4v) is 2.40. The first kappa shape index (κ1) is 13.1. The van der Waals surface area contributed by atoms with Crippen molar-refractivity contribution in [3.63, 3.8) is 0 Å². The molecule has 0 bridgehead atoms. The van der Waals surface area contributed by atoms with Crippen LogP contribution < -0.4 is 4.74 Å². The maximum atomic E-state index is 10.3. The van der Waals surface area contributed by atoms with E-state index in [0.717, 1.165) is 10.4 Å². The summed E-state index contributed by atoms with van der Waals surface area (Å²) in [5, 5.41) is 12.3. The van der Waals surface area contributed by atoms with Crippen LogP contribution in [0, 0.1) is 0 Å². The van der Waals surface area contributed by atoms with Crippen LogP contribution in [0.5, 0.6) is 5.75 Å². The standard InChI is InChI=1S/C14H16O3S/c1-16-8-9-17-12-6-3-2-5-11(12)14(15)13-7-4-10-18-13/h2-7,10,14-15H,8-9H2,1H3. The van der Waals surface area contributed by atoms with Gasteiger partial charge in [-0.15, -0.1) is 11.3 Å². The third kappa shape index (κ3) is 3.10. The van der Waals surface area contributed by atoms with E-state index in [-0.39, 0.29) is 0 Å². The summed E-state index contributed by atoms with van der Waals surface area (Å²) in [5.74, 6) is 0.704. The topological polar surface area (TPSA) is 38.7 Å². The van der Waals surface area contributed by atoms with Gasteiger partial charge < -0.3 is 14.6 Å². The van der Waals surface area contributed by atoms with Crippen LogP contribution in [-0.4, -0.2) is 25.4 Å². The molecule has 1 N–H and O–H groups in total. The molecule has 0 radical (unpaired) electrons. The lowest BCUT2D eigenvalue weighted by Gasteiger charge is -2.15. The molecule has 0 fully saturated rings. The smallest absolute Gasteiger partial charge is 0.125 e. The molecule has 2 rings (SSSR count). The van der Waals surface area contributed by atoms with Crippen molar-refractivity contribution in [2.75, 3.05) is 20.3 Å². The monoisotopic (exact) mass is 264 g/mol. The molecule has 0 saturated heterocycles. The van der Waals surface area contributed by atoms with Crippen LogP contribution in [0.1, 0.15) is 16.5 Å². The molecule has 2 aromatic rings. The highest BCUT2D eigenvalue weighted by atomic mass is 32.1. The first-order valence-corrected chi connectivity index (χ1v) is 6.63. The summed E-state index contributed by atoms with van der Waals surface area (Å²) in [5.41, 5.74) is 0.788. The largest absolute Gasteiger partial charge is 0.491 e. The summed E-state index contributed by atoms with van der Waals surface area (Å²) in [7, 11) is 1.63. The average molecular weight is 264 g/mol. The number of aliphatic hydroxyl groups excluding tert-OH is 1. The molecule has 18 heavy (non-hydrogen) atoms. The predicted molar refractivity (Wildman–Crippen MR) is 72.2 cm³/mol. The molecule has 96 valence electrons. The first-order chi connectivity index (χ1) is 8.83. The van der Waals surface area contributed by atoms with Gasteiger partial charge in [-0.25, -0.2) is 0 Å². The van der Waals surface area contributed by atoms with Crippen LogP contribution in [0.15, 0.2) is 41.8 Å². The highest BCUT2D eigenvalue weighted by Crippen LogP contribution is 2.31. The van der Waals surface area contributed by atoms with Gasteiger partial charge in [-0.1, -0.05) is 24.3 Å². The lowest BCUT2D eigenvalue weighted by Crippen LogP contribution is -2.07. The van der Waals surface area contributed by atoms with Gasteiger partial charge in [0.25, 0.3) is 0 Å². The van der Waals surface area contributed by atoms with E-state index in [1.54, 1.807) is 7.11 Å². The lowest BCUT2D eigenvalue weighted by molar-refractivity contribution is 0.142. The van der Waals surface area contributed by atoms with E-state index in [9.17, 15) is 5.11 Å². The fraction of sp³-hybridized carbons (Fsp3) is 0.286. The minimum atomic E-state index is -0.635. The molecule has 0 amide bonds. The van der Waals surface area contributed by atoms with Crippen molar-refractivity contribution in [3.05, 3.63) is 52.2 Å². The second-order valence-corrected chi connectivity index (χ2v) is 4.78. The second kappa shape index (κ2) is 6.54. The van der Waals surface area contributed by atoms with Crippen molar-refractivity contribution in [2.24, 2.45) is 0 Å². The number of rotatable bonds is 6. The van der Waals surface area contributed by atoms with Gasteiger partial charge in [-0.3, -0.25) is 0 Å². The number of methoxy groups -OCH3 is 1. The normalized spacial score (nSPS) is 12.3. The van der Waals surface area contributed by atoms with Crippen LogP contribution >= 0.6 is 11.3 Å². The van der Waals surface area contributed by atoms with E-state index < -0.39 is 6.10 Å². The summed E-state index contributed by atoms with van der Waals surface area (Å²) in [6.07, 6.45) is -0.635. The van der Waals surface area contributed by atoms with E-state index in [0.29, 0.717) is 19.0 Å². The summed E-state index contributed by atoms with van der Waals surface area (Å²) >= 11 is 1.53. The number of para-hydroxylation sites is 1. The van der Waals surface area contributed by atoms with E-state index in [1.807, 2.05) is 41.8 Å². The number of ether oxygens (including phenoxy) is 2. The zero-order valence-corrected chi connectivity index (χ0v) is 11.0. The molecular weight excluding hydrogens is 248 g/mol. The molecule has 1 atom stereocenters. The van der Waals surface area contributed by atoms with Crippen molar-refractivity contribution < 1.29 is 14.6 Å². The first-order valence-electron chi connectivity index (χ1n) is 5.75. The van der Waals surface area contributed by atoms with Crippen LogP contribution in [0.3, 0.4) is 0 Å². The van der Waals surface area contributed by atoms with Gasteiger partial charge in [-0.2, -0.15) is 0 Å². The number of thiophene rings is 1. The Hall–Kier alpha value is -1.36. The van der Waals surface area contributed by atoms with Crippen LogP contribution in [0.25, 0.3) is 0 Å². The number of hydrogen-bond acceptors (Lipinski definition) is 4. The number of benzene rings is 1. The number of aliphatic hydroxyl groups is 1. The lowest BCUT2D eigenvalue weighted by atomic mass is 10.1. The minimum Gasteiger partial charge on any atom is -0.491 e. The summed E-state index contributed by atoms with van der Waals surface area (Å²) in [6.45, 7) is 1.01. The van der Waals surface area contributed by atoms with Crippen LogP contribution in [0.2, 0.25) is 0 Å². The molecule has 0 aliphatic heterocycles. The van der Waals surface area contributed by atoms with Crippen molar-refractivity contribution in [1.82, 2.24) is 0 Å². The van der Waals surface area contributed by atoms with Crippen LogP contribution in [0.4, 0.5) is 0 Å². The molecule has 1 heterocycles. The molecule has 1 aromatic carbocycles. The summed E-state index contributed by atoms with van der Waals surface area (Å²) in [4.78, 5) is 0.915. The highest BCUT2D eigenvalue weighted by Gasteiger charge is 2.15. The van der Waals surface area contributed by atoms with Gasteiger partial charge in [0, 0.05) is 17.6 Å². The third-order valence-corrected chi connectivity index (χ3v) is 3.50. The molecule has 0 aliphatic rings. The van der Waals surface area contributed by atoms with E-state index >= 15 is 0 Å². The van der Waals surface area contributed by atoms with Gasteiger partial charge in [0.1, 0.15) is 18.5 Å². The van der Waals surface area contributed by atoms with Gasteiger partial charge in [-0.05, 0) is 17.5 Å². The Labute approximate surface area is 111 Å². The van der Waals surface area contributed by atoms with Gasteiger partial charge in [0.05, 0.1) is 6.61 Å². The molecule has 3 nitrogen and oxygen atoms in total. The third-order valence-electron chi connectivity index (χ3n) is 2.57. The SMILES string of the molecule is COCCOc1ccccc1C(O)c1cccs1. The Morgan fingerprint density at radius 3 is 2.72 bits per heavy atom. The van der Waals surface area contributed by atoms with Crippen molar-refractivity contribution in [1.29, 1.82) is 0 Å². The van der Waals surface area contributed by atoms with E-state index in [4.69, 9.17) is 9.47 Å². The Bertz CT molecular complexity index is 468. The zero-order valence-electron chi connectivity index (χ0n) is 10.2. The predicted octanol–water partition coefficient (Wildman–Crippen LogP) is 2.86. The van der Waals surface area contributed by atoms with Gasteiger partial charge in [0.15, 0.2) is 0 Å². The van der Waals surface area contributed by atoms with Crippen molar-refractivity contribution >= 4 is 11.3 Å². The molecule has 0 aliphatic carbocycles. The summed E-state index contributed by atoms with van der Waals surface area (Å²) < 4.78 is 10.6. The van der Waals surface area contributed by atoms with Crippen molar-refractivity contribution in [2.45, 2.75) is 6.10 Å². The Morgan fingerprint density at radius 2 is 2.00 bits per heavy atom. The molecular formula is C14H16O3S. The van der Waals surface area contributed by atoms with Gasteiger partial charge in [0.2, 0.25) is 0 Å². The Kier molecular flexibility index (Phi) is 4.75. The highest BCUT2D eigenvalue weighted by molar-refractivity contribution is 7.10. The molecule has 0 saturated carbocycles. The quantitative estimate of drug-likeness (QED) is 0.815. The maximum Gasteiger partial charge on any atom is 0.125 e. The molecule has 4 heteroatoms. The van der Waals surface area contributed by atoms with E-state index in [2.05, 4.69) is 0 Å². The molecule has 0 spiro atoms. The fourth-order valence-electron chi connectivity index (χ4n) is 1.67. The Balaban J connectivity index is 2.16. The van der Waals surface area contributed by atoms with Crippen molar-refractivity contribution in [3.8, 4) is 5.75 Å². The average Bonchev–Trinajstić information content (AvgIpc) is 2.93. The van der Waals surface area contributed by atoms with Gasteiger partial charge >= 0.3 is 0 Å².